The van der Waals surface area contributed by atoms with E-state index in [1.165, 1.54) is 29.2 Å². The molecule has 166 valence electrons. The van der Waals surface area contributed by atoms with Gasteiger partial charge in [-0.05, 0) is 61.7 Å². The van der Waals surface area contributed by atoms with Gasteiger partial charge in [0.1, 0.15) is 17.3 Å². The standard InChI is InChI=1S/C27H23FN2O3/c1-17(2)33-23-10-6-5-9-22(23)30-26(31)24(19-11-13-20(28)14-12-19)25(27(30)32)29-16-15-18-7-3-4-8-21(18)29/h3-14,17H,15-16H2,1-2H3. The number of ether oxygens (including phenoxy) is 1. The summed E-state index contributed by atoms with van der Waals surface area (Å²) in [6, 6.07) is 20.6. The first-order valence-corrected chi connectivity index (χ1v) is 11.0. The highest BCUT2D eigenvalue weighted by Gasteiger charge is 2.45. The largest absolute Gasteiger partial charge is 0.489 e. The number of anilines is 2. The smallest absolute Gasteiger partial charge is 0.282 e. The molecule has 0 aromatic heterocycles. The predicted octanol–water partition coefficient (Wildman–Crippen LogP) is 4.96. The van der Waals surface area contributed by atoms with Crippen LogP contribution < -0.4 is 14.5 Å². The molecule has 0 N–H and O–H groups in total. The predicted molar refractivity (Wildman–Crippen MR) is 126 cm³/mol. The van der Waals surface area contributed by atoms with Crippen molar-refractivity contribution in [1.29, 1.82) is 0 Å². The van der Waals surface area contributed by atoms with E-state index in [9.17, 15) is 14.0 Å². The fraction of sp³-hybridized carbons (Fsp3) is 0.185. The summed E-state index contributed by atoms with van der Waals surface area (Å²) in [5, 5.41) is 0. The maximum Gasteiger partial charge on any atom is 0.282 e. The Morgan fingerprint density at radius 1 is 0.848 bits per heavy atom. The van der Waals surface area contributed by atoms with Crippen molar-refractivity contribution in [2.45, 2.75) is 26.4 Å². The van der Waals surface area contributed by atoms with Crippen molar-refractivity contribution in [1.82, 2.24) is 0 Å². The molecule has 2 aliphatic rings. The monoisotopic (exact) mass is 442 g/mol. The normalized spacial score (nSPS) is 15.6. The summed E-state index contributed by atoms with van der Waals surface area (Å²) in [5.41, 5.74) is 3.47. The van der Waals surface area contributed by atoms with Gasteiger partial charge in [0.2, 0.25) is 0 Å². The minimum Gasteiger partial charge on any atom is -0.489 e. The van der Waals surface area contributed by atoms with E-state index in [1.54, 1.807) is 24.3 Å². The van der Waals surface area contributed by atoms with E-state index in [-0.39, 0.29) is 11.7 Å². The van der Waals surface area contributed by atoms with Gasteiger partial charge in [0.15, 0.2) is 0 Å². The van der Waals surface area contributed by atoms with Crippen LogP contribution in [0.2, 0.25) is 0 Å². The molecule has 0 aliphatic carbocycles. The van der Waals surface area contributed by atoms with E-state index >= 15 is 0 Å². The Morgan fingerprint density at radius 2 is 1.52 bits per heavy atom. The zero-order valence-electron chi connectivity index (χ0n) is 18.4. The third-order valence-electron chi connectivity index (χ3n) is 5.82. The number of carbonyl (C=O) groups is 2. The molecule has 0 saturated heterocycles. The number of fused-ring (bicyclic) bond motifs is 1. The van der Waals surface area contributed by atoms with Crippen molar-refractivity contribution in [2.75, 3.05) is 16.3 Å². The van der Waals surface area contributed by atoms with E-state index < -0.39 is 17.6 Å². The van der Waals surface area contributed by atoms with Gasteiger partial charge in [0.05, 0.1) is 17.4 Å². The number of hydrogen-bond donors (Lipinski definition) is 0. The maximum atomic E-state index is 13.9. The van der Waals surface area contributed by atoms with Gasteiger partial charge in [-0.15, -0.1) is 0 Å². The van der Waals surface area contributed by atoms with Crippen LogP contribution in [0.4, 0.5) is 15.8 Å². The summed E-state index contributed by atoms with van der Waals surface area (Å²) in [4.78, 5) is 30.7. The number of para-hydroxylation sites is 3. The topological polar surface area (TPSA) is 49.9 Å². The summed E-state index contributed by atoms with van der Waals surface area (Å²) < 4.78 is 19.6. The van der Waals surface area contributed by atoms with Crippen LogP contribution in [0, 0.1) is 5.82 Å². The molecule has 0 unspecified atom stereocenters. The Bertz CT molecular complexity index is 1280. The van der Waals surface area contributed by atoms with E-state index in [2.05, 4.69) is 0 Å². The lowest BCUT2D eigenvalue weighted by Crippen LogP contribution is -2.35. The molecule has 3 aromatic carbocycles. The van der Waals surface area contributed by atoms with Gasteiger partial charge in [0, 0.05) is 12.2 Å². The molecule has 0 radical (unpaired) electrons. The molecule has 0 saturated carbocycles. The summed E-state index contributed by atoms with van der Waals surface area (Å²) in [6.07, 6.45) is 0.638. The summed E-state index contributed by atoms with van der Waals surface area (Å²) in [5.74, 6) is -0.825. The first-order chi connectivity index (χ1) is 16.0. The van der Waals surface area contributed by atoms with Gasteiger partial charge >= 0.3 is 0 Å². The number of rotatable bonds is 5. The van der Waals surface area contributed by atoms with Crippen LogP contribution in [-0.4, -0.2) is 24.5 Å². The second-order valence-corrected chi connectivity index (χ2v) is 8.34. The molecule has 0 spiro atoms. The minimum atomic E-state index is -0.453. The minimum absolute atomic E-state index is 0.131. The SMILES string of the molecule is CC(C)Oc1ccccc1N1C(=O)C(c2ccc(F)cc2)=C(N2CCc3ccccc32)C1=O. The zero-order chi connectivity index (χ0) is 23.1. The van der Waals surface area contributed by atoms with E-state index in [4.69, 9.17) is 4.74 Å². The average Bonchev–Trinajstić information content (AvgIpc) is 3.33. The van der Waals surface area contributed by atoms with Crippen molar-refractivity contribution in [3.63, 3.8) is 0 Å². The van der Waals surface area contributed by atoms with Crippen molar-refractivity contribution < 1.29 is 18.7 Å². The molecule has 0 atom stereocenters. The van der Waals surface area contributed by atoms with Gasteiger partial charge < -0.3 is 9.64 Å². The van der Waals surface area contributed by atoms with Gasteiger partial charge in [-0.3, -0.25) is 9.59 Å². The zero-order valence-corrected chi connectivity index (χ0v) is 18.4. The fourth-order valence-corrected chi connectivity index (χ4v) is 4.43. The van der Waals surface area contributed by atoms with E-state index in [1.807, 2.05) is 43.0 Å². The highest BCUT2D eigenvalue weighted by Crippen LogP contribution is 2.42. The lowest BCUT2D eigenvalue weighted by molar-refractivity contribution is -0.120. The van der Waals surface area contributed by atoms with Crippen molar-refractivity contribution in [3.8, 4) is 5.75 Å². The highest BCUT2D eigenvalue weighted by molar-refractivity contribution is 6.46. The highest BCUT2D eigenvalue weighted by atomic mass is 19.1. The van der Waals surface area contributed by atoms with Crippen LogP contribution in [0.3, 0.4) is 0 Å². The molecule has 0 bridgehead atoms. The molecule has 33 heavy (non-hydrogen) atoms. The number of hydrogen-bond acceptors (Lipinski definition) is 4. The third-order valence-corrected chi connectivity index (χ3v) is 5.82. The third kappa shape index (κ3) is 3.57. The Balaban J connectivity index is 1.67. The molecule has 5 nitrogen and oxygen atoms in total. The summed E-state index contributed by atoms with van der Waals surface area (Å²) in [6.45, 7) is 4.36. The quantitative estimate of drug-likeness (QED) is 0.524. The van der Waals surface area contributed by atoms with Gasteiger partial charge in [0.25, 0.3) is 11.8 Å². The lowest BCUT2D eigenvalue weighted by atomic mass is 10.0. The number of benzene rings is 3. The van der Waals surface area contributed by atoms with Gasteiger partial charge in [-0.1, -0.05) is 42.5 Å². The van der Waals surface area contributed by atoms with Gasteiger partial charge in [-0.2, -0.15) is 0 Å². The van der Waals surface area contributed by atoms with Crippen LogP contribution in [-0.2, 0) is 16.0 Å². The molecular weight excluding hydrogens is 419 g/mol. The lowest BCUT2D eigenvalue weighted by Gasteiger charge is -2.23. The van der Waals surface area contributed by atoms with Crippen LogP contribution in [0.25, 0.3) is 5.57 Å². The molecular formula is C27H23FN2O3. The molecule has 6 heteroatoms. The Labute approximate surface area is 191 Å². The number of amides is 2. The first-order valence-electron chi connectivity index (χ1n) is 11.0. The van der Waals surface area contributed by atoms with Crippen LogP contribution >= 0.6 is 0 Å². The Kier molecular flexibility index (Phi) is 5.21. The molecule has 2 aliphatic heterocycles. The second kappa shape index (κ2) is 8.20. The first kappa shape index (κ1) is 20.9. The van der Waals surface area contributed by atoms with Crippen molar-refractivity contribution in [3.05, 3.63) is 95.4 Å². The summed E-state index contributed by atoms with van der Waals surface area (Å²) >= 11 is 0. The van der Waals surface area contributed by atoms with Crippen LogP contribution in [0.5, 0.6) is 5.75 Å². The van der Waals surface area contributed by atoms with Crippen LogP contribution in [0.15, 0.2) is 78.5 Å². The van der Waals surface area contributed by atoms with Crippen LogP contribution in [0.1, 0.15) is 25.0 Å². The van der Waals surface area contributed by atoms with E-state index in [0.717, 1.165) is 17.7 Å². The van der Waals surface area contributed by atoms with Crippen molar-refractivity contribution in [2.24, 2.45) is 0 Å². The molecule has 0 fully saturated rings. The maximum absolute atomic E-state index is 13.9. The number of nitrogens with zero attached hydrogens (tertiary/aromatic N) is 2. The Hall–Kier alpha value is -3.93. The number of carbonyl (C=O) groups excluding carboxylic acids is 2. The molecule has 2 heterocycles. The summed E-state index contributed by atoms with van der Waals surface area (Å²) in [7, 11) is 0. The van der Waals surface area contributed by atoms with Gasteiger partial charge in [-0.25, -0.2) is 9.29 Å². The number of imide groups is 1. The molecule has 3 aromatic rings. The average molecular weight is 442 g/mol. The number of halogens is 1. The van der Waals surface area contributed by atoms with Crippen molar-refractivity contribution >= 4 is 28.8 Å². The molecule has 5 rings (SSSR count). The fourth-order valence-electron chi connectivity index (χ4n) is 4.43. The van der Waals surface area contributed by atoms with E-state index in [0.29, 0.717) is 29.2 Å². The second-order valence-electron chi connectivity index (χ2n) is 8.34. The Morgan fingerprint density at radius 3 is 2.24 bits per heavy atom. The molecule has 2 amide bonds.